The van der Waals surface area contributed by atoms with E-state index in [1.165, 1.54) is 12.8 Å². The molecule has 1 fully saturated rings. The molecule has 29 heavy (non-hydrogen) atoms. The van der Waals surface area contributed by atoms with Gasteiger partial charge in [0, 0.05) is 31.0 Å². The molecule has 7 nitrogen and oxygen atoms in total. The van der Waals surface area contributed by atoms with Gasteiger partial charge in [0.15, 0.2) is 6.61 Å². The van der Waals surface area contributed by atoms with E-state index in [2.05, 4.69) is 26.6 Å². The lowest BCUT2D eigenvalue weighted by Crippen LogP contribution is -2.38. The first-order valence-electron chi connectivity index (χ1n) is 10.1. The molecular weight excluding hydrogens is 368 g/mol. The number of carbonyl (C=O) groups is 2. The highest BCUT2D eigenvalue weighted by atomic mass is 16.5. The molecule has 1 aromatic carbocycles. The zero-order valence-electron chi connectivity index (χ0n) is 16.8. The van der Waals surface area contributed by atoms with Crippen molar-refractivity contribution in [3.8, 4) is 5.75 Å². The minimum Gasteiger partial charge on any atom is -0.484 e. The second kappa shape index (κ2) is 10.6. The Labute approximate surface area is 171 Å². The van der Waals surface area contributed by atoms with Crippen LogP contribution in [0.4, 0.5) is 5.69 Å². The Morgan fingerprint density at radius 3 is 2.55 bits per heavy atom. The van der Waals surface area contributed by atoms with Crippen LogP contribution >= 0.6 is 0 Å². The van der Waals surface area contributed by atoms with E-state index in [1.54, 1.807) is 37.4 Å². The highest BCUT2D eigenvalue weighted by molar-refractivity contribution is 5.90. The number of benzene rings is 1. The molecule has 0 aliphatic carbocycles. The van der Waals surface area contributed by atoms with Crippen molar-refractivity contribution in [3.63, 3.8) is 0 Å². The van der Waals surface area contributed by atoms with Gasteiger partial charge in [-0.2, -0.15) is 0 Å². The molecule has 1 aliphatic heterocycles. The first-order chi connectivity index (χ1) is 14.2. The van der Waals surface area contributed by atoms with Crippen LogP contribution in [0.25, 0.3) is 0 Å². The van der Waals surface area contributed by atoms with Crippen molar-refractivity contribution in [1.29, 1.82) is 0 Å². The maximum absolute atomic E-state index is 12.3. The molecule has 2 amide bonds. The van der Waals surface area contributed by atoms with Crippen molar-refractivity contribution < 1.29 is 14.3 Å². The summed E-state index contributed by atoms with van der Waals surface area (Å²) < 4.78 is 5.57. The summed E-state index contributed by atoms with van der Waals surface area (Å²) in [4.78, 5) is 30.3. The van der Waals surface area contributed by atoms with Crippen molar-refractivity contribution in [1.82, 2.24) is 15.2 Å². The third-order valence-corrected chi connectivity index (χ3v) is 4.97. The SMILES string of the molecule is CCC(=O)Nc1ccc(OCC(=O)NCC(c2cccnc2)N2CCCC2)cc1. The van der Waals surface area contributed by atoms with Gasteiger partial charge in [0.2, 0.25) is 5.91 Å². The normalized spacial score (nSPS) is 14.9. The molecule has 1 atom stereocenters. The molecular formula is C22H28N4O3. The zero-order valence-corrected chi connectivity index (χ0v) is 16.8. The van der Waals surface area contributed by atoms with Crippen molar-refractivity contribution in [3.05, 3.63) is 54.4 Å². The number of pyridine rings is 1. The summed E-state index contributed by atoms with van der Waals surface area (Å²) in [7, 11) is 0. The molecule has 0 saturated carbocycles. The van der Waals surface area contributed by atoms with Crippen LogP contribution in [0.1, 0.15) is 37.8 Å². The minimum atomic E-state index is -0.165. The first kappa shape index (κ1) is 20.8. The van der Waals surface area contributed by atoms with E-state index in [9.17, 15) is 9.59 Å². The summed E-state index contributed by atoms with van der Waals surface area (Å²) in [6.07, 6.45) is 6.42. The second-order valence-electron chi connectivity index (χ2n) is 7.06. The highest BCUT2D eigenvalue weighted by Gasteiger charge is 2.24. The number of rotatable bonds is 9. The van der Waals surface area contributed by atoms with Crippen molar-refractivity contribution in [2.45, 2.75) is 32.2 Å². The molecule has 1 aliphatic rings. The molecule has 2 N–H and O–H groups in total. The number of hydrogen-bond donors (Lipinski definition) is 2. The lowest BCUT2D eigenvalue weighted by atomic mass is 10.1. The number of hydrogen-bond acceptors (Lipinski definition) is 5. The van der Waals surface area contributed by atoms with E-state index >= 15 is 0 Å². The van der Waals surface area contributed by atoms with Gasteiger partial charge in [-0.15, -0.1) is 0 Å². The van der Waals surface area contributed by atoms with Crippen LogP contribution in [0.15, 0.2) is 48.8 Å². The van der Waals surface area contributed by atoms with E-state index in [0.29, 0.717) is 24.4 Å². The van der Waals surface area contributed by atoms with E-state index < -0.39 is 0 Å². The lowest BCUT2D eigenvalue weighted by Gasteiger charge is -2.27. The highest BCUT2D eigenvalue weighted by Crippen LogP contribution is 2.24. The molecule has 2 aromatic rings. The van der Waals surface area contributed by atoms with Crippen molar-refractivity contribution in [2.75, 3.05) is 31.6 Å². The zero-order chi connectivity index (χ0) is 20.5. The summed E-state index contributed by atoms with van der Waals surface area (Å²) in [6, 6.07) is 11.1. The van der Waals surface area contributed by atoms with Gasteiger partial charge in [0.25, 0.3) is 5.91 Å². The predicted octanol–water partition coefficient (Wildman–Crippen LogP) is 2.76. The standard InChI is InChI=1S/C22H28N4O3/c1-2-21(27)25-18-7-9-19(10-8-18)29-16-22(28)24-15-20(26-12-3-4-13-26)17-6-5-11-23-14-17/h5-11,14,20H,2-4,12-13,15-16H2,1H3,(H,24,28)(H,25,27). The summed E-state index contributed by atoms with van der Waals surface area (Å²) in [5, 5.41) is 5.76. The van der Waals surface area contributed by atoms with Crippen LogP contribution in [0, 0.1) is 0 Å². The van der Waals surface area contributed by atoms with Crippen LogP contribution in [-0.4, -0.2) is 47.9 Å². The van der Waals surface area contributed by atoms with Crippen LogP contribution in [0.3, 0.4) is 0 Å². The third-order valence-electron chi connectivity index (χ3n) is 4.97. The van der Waals surface area contributed by atoms with Crippen LogP contribution in [-0.2, 0) is 9.59 Å². The fourth-order valence-corrected chi connectivity index (χ4v) is 3.38. The summed E-state index contributed by atoms with van der Waals surface area (Å²) >= 11 is 0. The van der Waals surface area contributed by atoms with E-state index in [0.717, 1.165) is 18.7 Å². The average Bonchev–Trinajstić information content (AvgIpc) is 3.28. The number of ether oxygens (including phenoxy) is 1. The Bertz CT molecular complexity index is 789. The molecule has 7 heteroatoms. The number of nitrogens with zero attached hydrogens (tertiary/aromatic N) is 2. The van der Waals surface area contributed by atoms with Crippen LogP contribution < -0.4 is 15.4 Å². The number of amides is 2. The number of carbonyl (C=O) groups excluding carboxylic acids is 2. The fraction of sp³-hybridized carbons (Fsp3) is 0.409. The topological polar surface area (TPSA) is 83.6 Å². The molecule has 154 valence electrons. The molecule has 1 aromatic heterocycles. The van der Waals surface area contributed by atoms with Gasteiger partial charge in [-0.3, -0.25) is 19.5 Å². The summed E-state index contributed by atoms with van der Waals surface area (Å²) in [5.74, 6) is 0.374. The Balaban J connectivity index is 1.48. The fourth-order valence-electron chi connectivity index (χ4n) is 3.38. The summed E-state index contributed by atoms with van der Waals surface area (Å²) in [5.41, 5.74) is 1.82. The molecule has 1 unspecified atom stereocenters. The van der Waals surface area contributed by atoms with Crippen molar-refractivity contribution >= 4 is 17.5 Å². The number of nitrogens with one attached hydrogen (secondary N) is 2. The minimum absolute atomic E-state index is 0.0424. The van der Waals surface area contributed by atoms with Gasteiger partial charge in [-0.05, 0) is 61.8 Å². The Hall–Kier alpha value is -2.93. The van der Waals surface area contributed by atoms with Gasteiger partial charge in [-0.25, -0.2) is 0 Å². The molecule has 1 saturated heterocycles. The van der Waals surface area contributed by atoms with Gasteiger partial charge in [0.1, 0.15) is 5.75 Å². The molecule has 0 bridgehead atoms. The van der Waals surface area contributed by atoms with E-state index in [-0.39, 0.29) is 24.5 Å². The number of anilines is 1. The Morgan fingerprint density at radius 1 is 1.14 bits per heavy atom. The second-order valence-corrected chi connectivity index (χ2v) is 7.06. The molecule has 0 spiro atoms. The predicted molar refractivity (Wildman–Crippen MR) is 112 cm³/mol. The van der Waals surface area contributed by atoms with E-state index in [1.807, 2.05) is 12.3 Å². The lowest BCUT2D eigenvalue weighted by molar-refractivity contribution is -0.123. The van der Waals surface area contributed by atoms with Crippen LogP contribution in [0.5, 0.6) is 5.75 Å². The average molecular weight is 396 g/mol. The maximum Gasteiger partial charge on any atom is 0.258 e. The third kappa shape index (κ3) is 6.29. The van der Waals surface area contributed by atoms with Gasteiger partial charge in [0.05, 0.1) is 6.04 Å². The Morgan fingerprint density at radius 2 is 1.90 bits per heavy atom. The largest absolute Gasteiger partial charge is 0.484 e. The Kier molecular flexibility index (Phi) is 7.58. The number of likely N-dealkylation sites (tertiary alicyclic amines) is 1. The number of aromatic nitrogens is 1. The first-order valence-corrected chi connectivity index (χ1v) is 10.1. The molecule has 2 heterocycles. The van der Waals surface area contributed by atoms with Crippen LogP contribution in [0.2, 0.25) is 0 Å². The molecule has 0 radical (unpaired) electrons. The van der Waals surface area contributed by atoms with Crippen molar-refractivity contribution in [2.24, 2.45) is 0 Å². The smallest absolute Gasteiger partial charge is 0.258 e. The van der Waals surface area contributed by atoms with Gasteiger partial charge < -0.3 is 15.4 Å². The summed E-state index contributed by atoms with van der Waals surface area (Å²) in [6.45, 7) is 4.34. The monoisotopic (exact) mass is 396 g/mol. The molecule has 3 rings (SSSR count). The maximum atomic E-state index is 12.3. The quantitative estimate of drug-likeness (QED) is 0.681. The van der Waals surface area contributed by atoms with Gasteiger partial charge >= 0.3 is 0 Å². The van der Waals surface area contributed by atoms with E-state index in [4.69, 9.17) is 4.74 Å². The van der Waals surface area contributed by atoms with Gasteiger partial charge in [-0.1, -0.05) is 13.0 Å².